The third-order valence-electron chi connectivity index (χ3n) is 13.6. The first-order chi connectivity index (χ1) is 42.2. The van der Waals surface area contributed by atoms with Crippen LogP contribution < -0.4 is 4.74 Å². The first-order valence-corrected chi connectivity index (χ1v) is 27.8. The van der Waals surface area contributed by atoms with E-state index in [2.05, 4.69) is 61.7 Å². The highest BCUT2D eigenvalue weighted by Gasteiger charge is 2.19. The third kappa shape index (κ3) is 14.8. The molecule has 13 heteroatoms. The Kier molecular flexibility index (Phi) is 18.4. The maximum atomic E-state index is 12.0. The van der Waals surface area contributed by atoms with Crippen molar-refractivity contribution in [3.63, 3.8) is 0 Å². The summed E-state index contributed by atoms with van der Waals surface area (Å²) < 4.78 is 5.28. The zero-order valence-corrected chi connectivity index (χ0v) is 48.0. The molecule has 0 fully saturated rings. The summed E-state index contributed by atoms with van der Waals surface area (Å²) in [6.45, 7) is 9.99. The molecule has 0 amide bonds. The number of aromatic nitrogens is 6. The second-order valence-corrected chi connectivity index (χ2v) is 20.3. The van der Waals surface area contributed by atoms with Gasteiger partial charge in [-0.25, -0.2) is 34.7 Å². The standard InChI is InChI=1S/C37H27N3O3.C33H23N3O2.C4H5ClO/c1-24(2)37(42)43-31-21-22-32(33(41)23-31)36-39-34(29-17-13-27(14-18-29)25-9-5-3-6-10-25)38-35(40-36)30-19-15-28(16-20-30)26-11-7-4-8-12-26;37-28-19-20-29(30(38)21-28)33-35-31(26-15-11-24(12-16-26)22-7-3-1-4-8-22)34-32(36-33)27-17-13-25(14-18-27)23-9-5-2-6-10-23;1-3(2)4(5)6/h3-23,41H,1H2,2H3;1-21,37-38H;1H2,2H3. The molecule has 12 aromatic rings. The van der Waals surface area contributed by atoms with E-state index >= 15 is 0 Å². The quantitative estimate of drug-likeness (QED) is 0.0431. The van der Waals surface area contributed by atoms with E-state index in [0.29, 0.717) is 45.8 Å². The Bertz CT molecular complexity index is 4190. The van der Waals surface area contributed by atoms with Crippen LogP contribution in [-0.4, -0.2) is 56.4 Å². The second kappa shape index (κ2) is 27.3. The highest BCUT2D eigenvalue weighted by atomic mass is 35.5. The van der Waals surface area contributed by atoms with E-state index in [4.69, 9.17) is 46.2 Å². The molecule has 0 aliphatic heterocycles. The fourth-order valence-corrected chi connectivity index (χ4v) is 8.95. The van der Waals surface area contributed by atoms with Crippen LogP contribution in [-0.2, 0) is 9.59 Å². The molecule has 0 atom stereocenters. The molecular weight excluding hydrogens is 1100 g/mol. The van der Waals surface area contributed by atoms with Crippen molar-refractivity contribution >= 4 is 22.8 Å². The van der Waals surface area contributed by atoms with Gasteiger partial charge in [0.05, 0.1) is 11.1 Å². The van der Waals surface area contributed by atoms with Gasteiger partial charge < -0.3 is 20.1 Å². The van der Waals surface area contributed by atoms with Gasteiger partial charge in [0.2, 0.25) is 5.24 Å². The lowest BCUT2D eigenvalue weighted by molar-refractivity contribution is -0.130. The number of aromatic hydroxyl groups is 3. The van der Waals surface area contributed by atoms with Gasteiger partial charge in [-0.1, -0.05) is 232 Å². The summed E-state index contributed by atoms with van der Waals surface area (Å²) in [6.07, 6.45) is 0. The lowest BCUT2D eigenvalue weighted by Gasteiger charge is -2.11. The topological polar surface area (TPSA) is 181 Å². The van der Waals surface area contributed by atoms with Gasteiger partial charge in [0, 0.05) is 45.5 Å². The van der Waals surface area contributed by atoms with E-state index < -0.39 is 11.2 Å². The minimum atomic E-state index is -0.574. The van der Waals surface area contributed by atoms with E-state index in [0.717, 1.165) is 66.8 Å². The maximum Gasteiger partial charge on any atom is 0.338 e. The average molecular weight is 1160 g/mol. The molecule has 3 N–H and O–H groups in total. The fourth-order valence-electron chi connectivity index (χ4n) is 8.95. The molecule has 0 aliphatic carbocycles. The van der Waals surface area contributed by atoms with Gasteiger partial charge in [0.1, 0.15) is 23.0 Å². The van der Waals surface area contributed by atoms with E-state index in [1.165, 1.54) is 18.2 Å². The summed E-state index contributed by atoms with van der Waals surface area (Å²) in [5, 5.41) is 30.8. The second-order valence-electron chi connectivity index (χ2n) is 20.0. The number of carbonyl (C=O) groups excluding carboxylic acids is 2. The molecule has 0 bridgehead atoms. The van der Waals surface area contributed by atoms with Crippen LogP contribution in [0, 0.1) is 0 Å². The van der Waals surface area contributed by atoms with Gasteiger partial charge in [0.25, 0.3) is 0 Å². The maximum absolute atomic E-state index is 12.0. The van der Waals surface area contributed by atoms with Crippen LogP contribution >= 0.6 is 11.6 Å². The number of phenols is 3. The summed E-state index contributed by atoms with van der Waals surface area (Å²) in [5.41, 5.74) is 13.5. The van der Waals surface area contributed by atoms with E-state index in [1.54, 1.807) is 32.0 Å². The molecule has 10 aromatic carbocycles. The average Bonchev–Trinajstić information content (AvgIpc) is 3.16. The predicted octanol–water partition coefficient (Wildman–Crippen LogP) is 17.3. The molecular formula is C74H55ClN6O6. The molecule has 0 saturated carbocycles. The van der Waals surface area contributed by atoms with Gasteiger partial charge in [-0.05, 0) is 94.2 Å². The van der Waals surface area contributed by atoms with Crippen molar-refractivity contribution in [3.05, 3.63) is 279 Å². The van der Waals surface area contributed by atoms with Crippen molar-refractivity contribution < 1.29 is 29.6 Å². The number of rotatable bonds is 13. The molecule has 0 aliphatic rings. The highest BCUT2D eigenvalue weighted by molar-refractivity contribution is 6.67. The number of esters is 1. The van der Waals surface area contributed by atoms with Crippen LogP contribution in [0.5, 0.6) is 23.0 Å². The summed E-state index contributed by atoms with van der Waals surface area (Å²) in [4.78, 5) is 50.3. The van der Waals surface area contributed by atoms with E-state index in [1.807, 2.05) is 170 Å². The molecule has 2 aromatic heterocycles. The van der Waals surface area contributed by atoms with Gasteiger partial charge in [-0.2, -0.15) is 0 Å². The Morgan fingerprint density at radius 1 is 0.333 bits per heavy atom. The monoisotopic (exact) mass is 1160 g/mol. The van der Waals surface area contributed by atoms with Crippen molar-refractivity contribution in [1.82, 2.24) is 29.9 Å². The molecule has 0 unspecified atom stereocenters. The number of ether oxygens (including phenoxy) is 1. The van der Waals surface area contributed by atoms with Crippen molar-refractivity contribution in [1.29, 1.82) is 0 Å². The van der Waals surface area contributed by atoms with Gasteiger partial charge in [-0.3, -0.25) is 4.79 Å². The normalized spacial score (nSPS) is 10.6. The molecule has 424 valence electrons. The van der Waals surface area contributed by atoms with Crippen LogP contribution in [0.3, 0.4) is 0 Å². The number of hydrogen-bond acceptors (Lipinski definition) is 12. The van der Waals surface area contributed by atoms with Crippen LogP contribution in [0.4, 0.5) is 0 Å². The molecule has 0 saturated heterocycles. The highest BCUT2D eigenvalue weighted by Crippen LogP contribution is 2.36. The number of phenolic OH excluding ortho intramolecular Hbond substituents is 3. The predicted molar refractivity (Wildman–Crippen MR) is 345 cm³/mol. The minimum absolute atomic E-state index is 0.0336. The van der Waals surface area contributed by atoms with Crippen LogP contribution in [0.25, 0.3) is 113 Å². The summed E-state index contributed by atoms with van der Waals surface area (Å²) in [7, 11) is 0. The van der Waals surface area contributed by atoms with E-state index in [-0.39, 0.29) is 34.4 Å². The van der Waals surface area contributed by atoms with Gasteiger partial charge in [0.15, 0.2) is 34.9 Å². The Balaban J connectivity index is 0.000000177. The molecule has 2 heterocycles. The Hall–Kier alpha value is -11.5. The third-order valence-corrected chi connectivity index (χ3v) is 13.9. The van der Waals surface area contributed by atoms with Crippen LogP contribution in [0.15, 0.2) is 279 Å². The smallest absolute Gasteiger partial charge is 0.338 e. The van der Waals surface area contributed by atoms with E-state index in [9.17, 15) is 24.9 Å². The number of benzene rings is 10. The zero-order chi connectivity index (χ0) is 60.8. The Morgan fingerprint density at radius 3 is 0.851 bits per heavy atom. The first kappa shape index (κ1) is 58.7. The zero-order valence-electron chi connectivity index (χ0n) is 47.3. The number of hydrogen-bond donors (Lipinski definition) is 3. The SMILES string of the molecule is C=C(C)C(=O)Cl.C=C(C)C(=O)Oc1ccc(-c2nc(-c3ccc(-c4ccccc4)cc3)nc(-c3ccc(-c4ccccc4)cc3)n2)c(O)c1.Oc1ccc(-c2nc(-c3ccc(-c4ccccc4)cc3)nc(-c3ccc(-c4ccccc4)cc3)n2)c(O)c1. The lowest BCUT2D eigenvalue weighted by Crippen LogP contribution is -2.08. The Labute approximate surface area is 508 Å². The summed E-state index contributed by atoms with van der Waals surface area (Å²) in [6, 6.07) is 81.7. The van der Waals surface area contributed by atoms with Gasteiger partial charge >= 0.3 is 5.97 Å². The fraction of sp³-hybridized carbons (Fsp3) is 0.0270. The molecule has 0 spiro atoms. The minimum Gasteiger partial charge on any atom is -0.508 e. The molecule has 87 heavy (non-hydrogen) atoms. The van der Waals surface area contributed by atoms with Crippen molar-refractivity contribution in [2.75, 3.05) is 0 Å². The van der Waals surface area contributed by atoms with Crippen LogP contribution in [0.1, 0.15) is 13.8 Å². The molecule has 0 radical (unpaired) electrons. The van der Waals surface area contributed by atoms with Crippen molar-refractivity contribution in [3.8, 4) is 136 Å². The largest absolute Gasteiger partial charge is 0.508 e. The summed E-state index contributed by atoms with van der Waals surface area (Å²) >= 11 is 4.87. The Morgan fingerprint density at radius 2 is 0.586 bits per heavy atom. The van der Waals surface area contributed by atoms with Gasteiger partial charge in [-0.15, -0.1) is 0 Å². The molecule has 12 rings (SSSR count). The first-order valence-electron chi connectivity index (χ1n) is 27.5. The number of halogens is 1. The summed E-state index contributed by atoms with van der Waals surface area (Å²) in [5.74, 6) is 1.86. The van der Waals surface area contributed by atoms with Crippen molar-refractivity contribution in [2.24, 2.45) is 0 Å². The van der Waals surface area contributed by atoms with Crippen LogP contribution in [0.2, 0.25) is 0 Å². The number of nitrogens with zero attached hydrogens (tertiary/aromatic N) is 6. The lowest BCUT2D eigenvalue weighted by atomic mass is 10.0. The number of allylic oxidation sites excluding steroid dienone is 1. The number of carbonyl (C=O) groups is 2. The van der Waals surface area contributed by atoms with Crippen molar-refractivity contribution in [2.45, 2.75) is 13.8 Å². The molecule has 12 nitrogen and oxygen atoms in total.